The van der Waals surface area contributed by atoms with Gasteiger partial charge in [-0.15, -0.1) is 0 Å². The van der Waals surface area contributed by atoms with Crippen molar-refractivity contribution in [1.29, 1.82) is 0 Å². The summed E-state index contributed by atoms with van der Waals surface area (Å²) in [6, 6.07) is 1.57. The summed E-state index contributed by atoms with van der Waals surface area (Å²) in [5.41, 5.74) is -0.487. The smallest absolute Gasteiger partial charge is 0.0863 e. The first-order chi connectivity index (χ1) is 7.87. The quantitative estimate of drug-likeness (QED) is 0.737. The minimum atomic E-state index is -0.487. The molecule has 0 spiro atoms. The number of hydrogen-bond acceptors (Lipinski definition) is 1. The molecule has 102 valence electrons. The second-order valence-electron chi connectivity index (χ2n) is 6.91. The maximum absolute atomic E-state index is 9.68. The van der Waals surface area contributed by atoms with Crippen molar-refractivity contribution in [3.8, 4) is 0 Å². The molecule has 1 rings (SSSR count). The topological polar surface area (TPSA) is 36.8 Å². The maximum atomic E-state index is 9.68. The van der Waals surface area contributed by atoms with E-state index >= 15 is 0 Å². The average molecular weight is 242 g/mol. The number of quaternary nitrogens is 1. The van der Waals surface area contributed by atoms with Crippen molar-refractivity contribution in [3.05, 3.63) is 0 Å². The van der Waals surface area contributed by atoms with E-state index in [0.29, 0.717) is 6.04 Å². The minimum absolute atomic E-state index is 0.487. The van der Waals surface area contributed by atoms with Gasteiger partial charge in [-0.2, -0.15) is 0 Å². The van der Waals surface area contributed by atoms with Gasteiger partial charge in [0.15, 0.2) is 0 Å². The first-order valence-corrected chi connectivity index (χ1v) is 7.44. The Balaban J connectivity index is 2.13. The number of nitrogens with two attached hydrogens (primary N) is 1. The van der Waals surface area contributed by atoms with Crippen LogP contribution >= 0.6 is 0 Å². The zero-order valence-corrected chi connectivity index (χ0v) is 12.2. The van der Waals surface area contributed by atoms with Gasteiger partial charge >= 0.3 is 0 Å². The highest BCUT2D eigenvalue weighted by Crippen LogP contribution is 2.21. The van der Waals surface area contributed by atoms with Crippen molar-refractivity contribution in [1.82, 2.24) is 0 Å². The molecule has 0 saturated heterocycles. The van der Waals surface area contributed by atoms with Crippen molar-refractivity contribution in [2.45, 2.75) is 90.3 Å². The van der Waals surface area contributed by atoms with Crippen LogP contribution in [-0.4, -0.2) is 22.8 Å². The Kier molecular flexibility index (Phi) is 5.94. The molecular formula is C15H32NO+. The molecule has 0 aliphatic heterocycles. The van der Waals surface area contributed by atoms with Gasteiger partial charge in [-0.1, -0.05) is 13.3 Å². The number of rotatable bonds is 6. The molecule has 0 aromatic rings. The largest absolute Gasteiger partial charge is 0.390 e. The van der Waals surface area contributed by atoms with E-state index in [1.54, 1.807) is 0 Å². The van der Waals surface area contributed by atoms with E-state index in [2.05, 4.69) is 19.2 Å². The van der Waals surface area contributed by atoms with Crippen molar-refractivity contribution in [2.24, 2.45) is 5.92 Å². The predicted molar refractivity (Wildman–Crippen MR) is 73.0 cm³/mol. The van der Waals surface area contributed by atoms with Crippen LogP contribution in [0, 0.1) is 5.92 Å². The summed E-state index contributed by atoms with van der Waals surface area (Å²) in [7, 11) is 0. The summed E-state index contributed by atoms with van der Waals surface area (Å²) in [6.45, 7) is 8.54. The Labute approximate surface area is 107 Å². The van der Waals surface area contributed by atoms with E-state index in [0.717, 1.165) is 24.8 Å². The predicted octanol–water partition coefficient (Wildman–Crippen LogP) is 2.46. The zero-order chi connectivity index (χ0) is 12.9. The van der Waals surface area contributed by atoms with Crippen molar-refractivity contribution < 1.29 is 10.4 Å². The second-order valence-corrected chi connectivity index (χ2v) is 6.91. The van der Waals surface area contributed by atoms with Crippen LogP contribution in [0.4, 0.5) is 0 Å². The molecule has 17 heavy (non-hydrogen) atoms. The molecule has 2 nitrogen and oxygen atoms in total. The van der Waals surface area contributed by atoms with E-state index in [9.17, 15) is 5.11 Å². The van der Waals surface area contributed by atoms with Crippen molar-refractivity contribution in [3.63, 3.8) is 0 Å². The summed E-state index contributed by atoms with van der Waals surface area (Å²) in [5, 5.41) is 12.3. The molecule has 0 bridgehead atoms. The highest BCUT2D eigenvalue weighted by Gasteiger charge is 2.23. The molecule has 1 aliphatic rings. The Morgan fingerprint density at radius 1 is 1.35 bits per heavy atom. The van der Waals surface area contributed by atoms with Gasteiger partial charge < -0.3 is 10.4 Å². The van der Waals surface area contributed by atoms with E-state index in [4.69, 9.17) is 0 Å². The fraction of sp³-hybridized carbons (Fsp3) is 1.00. The van der Waals surface area contributed by atoms with Crippen LogP contribution in [0.5, 0.6) is 0 Å². The lowest BCUT2D eigenvalue weighted by Crippen LogP contribution is -2.94. The Morgan fingerprint density at radius 3 is 2.65 bits per heavy atom. The van der Waals surface area contributed by atoms with Crippen LogP contribution < -0.4 is 5.32 Å². The van der Waals surface area contributed by atoms with Crippen molar-refractivity contribution in [2.75, 3.05) is 0 Å². The lowest BCUT2D eigenvalue weighted by Gasteiger charge is -2.27. The number of aliphatic hydroxyl groups is 1. The normalized spacial score (nSPS) is 28.1. The van der Waals surface area contributed by atoms with Gasteiger partial charge in [-0.25, -0.2) is 0 Å². The third kappa shape index (κ3) is 7.05. The molecule has 0 heterocycles. The minimum Gasteiger partial charge on any atom is -0.390 e. The van der Waals surface area contributed by atoms with Crippen LogP contribution in [0.2, 0.25) is 0 Å². The van der Waals surface area contributed by atoms with Crippen LogP contribution in [0.15, 0.2) is 0 Å². The van der Waals surface area contributed by atoms with Gasteiger partial charge in [-0.3, -0.25) is 0 Å². The van der Waals surface area contributed by atoms with Crippen LogP contribution in [0.1, 0.15) is 72.6 Å². The molecule has 0 aromatic heterocycles. The summed E-state index contributed by atoms with van der Waals surface area (Å²) in [4.78, 5) is 0. The zero-order valence-electron chi connectivity index (χ0n) is 12.2. The SMILES string of the molecule is C[C@@H]1CCC[C@@H]([NH2+][C@@H](C)CCCC(C)(C)O)C1. The molecule has 1 aliphatic carbocycles. The van der Waals surface area contributed by atoms with Gasteiger partial charge in [0.1, 0.15) is 0 Å². The third-order valence-corrected chi connectivity index (χ3v) is 4.03. The Hall–Kier alpha value is -0.0800. The van der Waals surface area contributed by atoms with Gasteiger partial charge in [0.2, 0.25) is 0 Å². The Bertz CT molecular complexity index is 209. The molecule has 0 radical (unpaired) electrons. The Morgan fingerprint density at radius 2 is 2.06 bits per heavy atom. The summed E-state index contributed by atoms with van der Waals surface area (Å²) in [5.74, 6) is 0.925. The molecule has 0 unspecified atom stereocenters. The van der Waals surface area contributed by atoms with E-state index in [1.165, 1.54) is 32.1 Å². The van der Waals surface area contributed by atoms with Crippen LogP contribution in [0.25, 0.3) is 0 Å². The number of hydrogen-bond donors (Lipinski definition) is 2. The first kappa shape index (κ1) is 15.0. The van der Waals surface area contributed by atoms with Gasteiger partial charge in [-0.05, 0) is 58.8 Å². The molecule has 2 heteroatoms. The molecule has 3 N–H and O–H groups in total. The molecule has 0 aromatic carbocycles. The van der Waals surface area contributed by atoms with E-state index in [-0.39, 0.29) is 0 Å². The second kappa shape index (κ2) is 6.75. The molecule has 1 saturated carbocycles. The van der Waals surface area contributed by atoms with Crippen molar-refractivity contribution >= 4 is 0 Å². The first-order valence-electron chi connectivity index (χ1n) is 7.44. The average Bonchev–Trinajstić information content (AvgIpc) is 2.15. The fourth-order valence-corrected chi connectivity index (χ4v) is 3.07. The standard InChI is InChI=1S/C15H31NO/c1-12-7-5-9-14(11-12)16-13(2)8-6-10-15(3,4)17/h12-14,16-17H,5-11H2,1-4H3/p+1/t12-,13+,14-/m1/s1. The fourth-order valence-electron chi connectivity index (χ4n) is 3.07. The highest BCUT2D eigenvalue weighted by atomic mass is 16.3. The van der Waals surface area contributed by atoms with Gasteiger partial charge in [0.05, 0.1) is 17.7 Å². The van der Waals surface area contributed by atoms with Gasteiger partial charge in [0.25, 0.3) is 0 Å². The third-order valence-electron chi connectivity index (χ3n) is 4.03. The molecular weight excluding hydrogens is 210 g/mol. The highest BCUT2D eigenvalue weighted by molar-refractivity contribution is 4.69. The monoisotopic (exact) mass is 242 g/mol. The summed E-state index contributed by atoms with van der Waals surface area (Å²) < 4.78 is 0. The lowest BCUT2D eigenvalue weighted by atomic mass is 9.86. The molecule has 1 fully saturated rings. The summed E-state index contributed by atoms with van der Waals surface area (Å²) >= 11 is 0. The van der Waals surface area contributed by atoms with E-state index < -0.39 is 5.60 Å². The van der Waals surface area contributed by atoms with E-state index in [1.807, 2.05) is 13.8 Å². The lowest BCUT2D eigenvalue weighted by molar-refractivity contribution is -0.722. The maximum Gasteiger partial charge on any atom is 0.0863 e. The van der Waals surface area contributed by atoms with Gasteiger partial charge in [0, 0.05) is 6.42 Å². The molecule has 0 amide bonds. The van der Waals surface area contributed by atoms with Crippen LogP contribution in [-0.2, 0) is 0 Å². The van der Waals surface area contributed by atoms with Crippen LogP contribution in [0.3, 0.4) is 0 Å². The molecule has 3 atom stereocenters. The summed E-state index contributed by atoms with van der Waals surface area (Å²) in [6.07, 6.45) is 8.94.